The molecule has 0 amide bonds. The van der Waals surface area contributed by atoms with Crippen molar-refractivity contribution in [3.8, 4) is 12.1 Å². The van der Waals surface area contributed by atoms with Gasteiger partial charge in [-0.25, -0.2) is 9.97 Å². The van der Waals surface area contributed by atoms with Crippen LogP contribution in [0.2, 0.25) is 0 Å². The van der Waals surface area contributed by atoms with E-state index in [1.807, 2.05) is 18.4 Å². The number of nitrogens with zero attached hydrogens (tertiary/aromatic N) is 5. The van der Waals surface area contributed by atoms with E-state index in [-0.39, 0.29) is 13.1 Å². The van der Waals surface area contributed by atoms with Crippen LogP contribution in [0.5, 0.6) is 0 Å². The van der Waals surface area contributed by atoms with Gasteiger partial charge in [0.2, 0.25) is 0 Å². The predicted molar refractivity (Wildman–Crippen MR) is 61.7 cm³/mol. The van der Waals surface area contributed by atoms with Crippen LogP contribution in [0, 0.1) is 22.7 Å². The van der Waals surface area contributed by atoms with E-state index in [0.717, 1.165) is 0 Å². The molecule has 0 radical (unpaired) electrons. The van der Waals surface area contributed by atoms with Gasteiger partial charge in [0.15, 0.2) is 5.16 Å². The van der Waals surface area contributed by atoms with Crippen LogP contribution in [0.25, 0.3) is 0 Å². The fourth-order valence-corrected chi connectivity index (χ4v) is 1.45. The SMILES string of the molecule is CSc1nc(N)cc(N(CC#N)CC#N)n1. The standard InChI is InChI=1S/C9H10N6S/c1-16-9-13-7(12)6-8(14-9)15(4-2-10)5-3-11/h6H,4-5H2,1H3,(H2,12,13,14). The van der Waals surface area contributed by atoms with E-state index < -0.39 is 0 Å². The molecule has 0 aliphatic rings. The number of nitrogens with two attached hydrogens (primary N) is 1. The first kappa shape index (κ1) is 12.1. The number of hydrogen-bond acceptors (Lipinski definition) is 7. The first-order valence-electron chi connectivity index (χ1n) is 4.38. The minimum absolute atomic E-state index is 0.0951. The Morgan fingerprint density at radius 3 is 2.50 bits per heavy atom. The van der Waals surface area contributed by atoms with Crippen molar-refractivity contribution in [3.63, 3.8) is 0 Å². The average Bonchev–Trinajstić information content (AvgIpc) is 2.28. The Morgan fingerprint density at radius 1 is 1.38 bits per heavy atom. The molecule has 0 aliphatic heterocycles. The molecular formula is C9H10N6S. The van der Waals surface area contributed by atoms with Crippen LogP contribution < -0.4 is 10.6 Å². The second kappa shape index (κ2) is 5.79. The van der Waals surface area contributed by atoms with Gasteiger partial charge in [-0.3, -0.25) is 0 Å². The molecule has 2 N–H and O–H groups in total. The van der Waals surface area contributed by atoms with Crippen molar-refractivity contribution in [2.24, 2.45) is 0 Å². The second-order valence-electron chi connectivity index (χ2n) is 2.81. The maximum absolute atomic E-state index is 8.64. The Kier molecular flexibility index (Phi) is 4.37. The highest BCUT2D eigenvalue weighted by Gasteiger charge is 2.09. The van der Waals surface area contributed by atoms with Crippen LogP contribution in [0.15, 0.2) is 11.2 Å². The summed E-state index contributed by atoms with van der Waals surface area (Å²) in [5.41, 5.74) is 5.61. The summed E-state index contributed by atoms with van der Waals surface area (Å²) < 4.78 is 0. The number of hydrogen-bond donors (Lipinski definition) is 1. The minimum Gasteiger partial charge on any atom is -0.383 e. The zero-order valence-electron chi connectivity index (χ0n) is 8.71. The van der Waals surface area contributed by atoms with Crippen molar-refractivity contribution < 1.29 is 0 Å². The smallest absolute Gasteiger partial charge is 0.191 e. The number of rotatable bonds is 4. The summed E-state index contributed by atoms with van der Waals surface area (Å²) in [5.74, 6) is 0.829. The zero-order valence-corrected chi connectivity index (χ0v) is 9.53. The van der Waals surface area contributed by atoms with Crippen LogP contribution in [0.1, 0.15) is 0 Å². The van der Waals surface area contributed by atoms with Crippen molar-refractivity contribution in [3.05, 3.63) is 6.07 Å². The number of anilines is 2. The molecule has 82 valence electrons. The minimum atomic E-state index is 0.0951. The molecule has 6 nitrogen and oxygen atoms in total. The van der Waals surface area contributed by atoms with Gasteiger partial charge < -0.3 is 10.6 Å². The maximum Gasteiger partial charge on any atom is 0.191 e. The van der Waals surface area contributed by atoms with Gasteiger partial charge in [0.1, 0.15) is 24.7 Å². The van der Waals surface area contributed by atoms with Gasteiger partial charge in [-0.2, -0.15) is 10.5 Å². The molecule has 0 bridgehead atoms. The molecule has 1 rings (SSSR count). The van der Waals surface area contributed by atoms with Gasteiger partial charge in [-0.05, 0) is 6.26 Å². The fourth-order valence-electron chi connectivity index (χ4n) is 1.07. The summed E-state index contributed by atoms with van der Waals surface area (Å²) in [6.45, 7) is 0.190. The van der Waals surface area contributed by atoms with E-state index in [1.54, 1.807) is 6.07 Å². The van der Waals surface area contributed by atoms with Crippen LogP contribution >= 0.6 is 11.8 Å². The monoisotopic (exact) mass is 234 g/mol. The summed E-state index contributed by atoms with van der Waals surface area (Å²) in [6, 6.07) is 5.50. The van der Waals surface area contributed by atoms with Crippen LogP contribution in [0.4, 0.5) is 11.6 Å². The summed E-state index contributed by atoms with van der Waals surface area (Å²) in [6.07, 6.45) is 1.83. The van der Waals surface area contributed by atoms with Gasteiger partial charge >= 0.3 is 0 Å². The fraction of sp³-hybridized carbons (Fsp3) is 0.333. The molecule has 1 aromatic rings. The van der Waals surface area contributed by atoms with E-state index >= 15 is 0 Å². The number of nitrogen functional groups attached to an aromatic ring is 1. The van der Waals surface area contributed by atoms with Crippen molar-refractivity contribution >= 4 is 23.4 Å². The average molecular weight is 234 g/mol. The second-order valence-corrected chi connectivity index (χ2v) is 3.58. The van der Waals surface area contributed by atoms with Crippen molar-refractivity contribution in [1.29, 1.82) is 10.5 Å². The Labute approximate surface area is 97.7 Å². The molecular weight excluding hydrogens is 224 g/mol. The largest absolute Gasteiger partial charge is 0.383 e. The third-order valence-corrected chi connectivity index (χ3v) is 2.29. The number of aromatic nitrogens is 2. The molecule has 0 aromatic carbocycles. The highest BCUT2D eigenvalue weighted by atomic mass is 32.2. The highest BCUT2D eigenvalue weighted by molar-refractivity contribution is 7.98. The van der Waals surface area contributed by atoms with Gasteiger partial charge in [-0.15, -0.1) is 0 Å². The summed E-state index contributed by atoms with van der Waals surface area (Å²) >= 11 is 1.36. The quantitative estimate of drug-likeness (QED) is 0.463. The van der Waals surface area contributed by atoms with E-state index in [0.29, 0.717) is 16.8 Å². The normalized spacial score (nSPS) is 9.19. The molecule has 0 saturated carbocycles. The lowest BCUT2D eigenvalue weighted by atomic mass is 10.4. The zero-order chi connectivity index (χ0) is 12.0. The molecule has 0 spiro atoms. The third kappa shape index (κ3) is 3.01. The van der Waals surface area contributed by atoms with E-state index in [4.69, 9.17) is 16.3 Å². The lowest BCUT2D eigenvalue weighted by Crippen LogP contribution is -2.25. The van der Waals surface area contributed by atoms with Gasteiger partial charge in [-0.1, -0.05) is 11.8 Å². The molecule has 1 heterocycles. The summed E-state index contributed by atoms with van der Waals surface area (Å²) in [7, 11) is 0. The summed E-state index contributed by atoms with van der Waals surface area (Å²) in [5, 5.41) is 17.8. The Balaban J connectivity index is 3.04. The molecule has 1 aromatic heterocycles. The van der Waals surface area contributed by atoms with Gasteiger partial charge in [0.05, 0.1) is 12.1 Å². The molecule has 16 heavy (non-hydrogen) atoms. The van der Waals surface area contributed by atoms with Crippen LogP contribution in [-0.4, -0.2) is 29.3 Å². The Bertz CT molecular complexity index is 430. The third-order valence-electron chi connectivity index (χ3n) is 1.74. The topological polar surface area (TPSA) is 103 Å². The molecule has 0 unspecified atom stereocenters. The van der Waals surface area contributed by atoms with E-state index in [2.05, 4.69) is 9.97 Å². The lowest BCUT2D eigenvalue weighted by Gasteiger charge is -2.17. The Morgan fingerprint density at radius 2 is 2.00 bits per heavy atom. The van der Waals surface area contributed by atoms with Gasteiger partial charge in [0.25, 0.3) is 0 Å². The predicted octanol–water partition coefficient (Wildman–Crippen LogP) is 0.634. The number of thioether (sulfide) groups is 1. The van der Waals surface area contributed by atoms with Crippen molar-refractivity contribution in [2.75, 3.05) is 30.0 Å². The van der Waals surface area contributed by atoms with E-state index in [9.17, 15) is 0 Å². The molecule has 0 aliphatic carbocycles. The van der Waals surface area contributed by atoms with Crippen LogP contribution in [0.3, 0.4) is 0 Å². The van der Waals surface area contributed by atoms with E-state index in [1.165, 1.54) is 16.7 Å². The molecule has 0 saturated heterocycles. The Hall–Kier alpha value is -1.99. The highest BCUT2D eigenvalue weighted by Crippen LogP contribution is 2.18. The summed E-state index contributed by atoms with van der Waals surface area (Å²) in [4.78, 5) is 9.72. The number of nitriles is 2. The van der Waals surface area contributed by atoms with Crippen LogP contribution in [-0.2, 0) is 0 Å². The first-order chi connectivity index (χ1) is 7.71. The van der Waals surface area contributed by atoms with Crippen molar-refractivity contribution in [1.82, 2.24) is 9.97 Å². The lowest BCUT2D eigenvalue weighted by molar-refractivity contribution is 0.883. The molecule has 0 atom stereocenters. The van der Waals surface area contributed by atoms with Crippen molar-refractivity contribution in [2.45, 2.75) is 5.16 Å². The first-order valence-corrected chi connectivity index (χ1v) is 5.61. The molecule has 7 heteroatoms. The van der Waals surface area contributed by atoms with Gasteiger partial charge in [0, 0.05) is 6.07 Å². The molecule has 0 fully saturated rings. The maximum atomic E-state index is 8.64.